The monoisotopic (exact) mass is 326 g/mol. The van der Waals surface area contributed by atoms with E-state index in [9.17, 15) is 9.59 Å². The summed E-state index contributed by atoms with van der Waals surface area (Å²) in [4.78, 5) is 26.4. The zero-order valence-corrected chi connectivity index (χ0v) is 13.4. The normalized spacial score (nSPS) is 19.6. The van der Waals surface area contributed by atoms with Gasteiger partial charge in [0, 0.05) is 25.4 Å². The maximum absolute atomic E-state index is 13.1. The van der Waals surface area contributed by atoms with Crippen LogP contribution in [0, 0.1) is 0 Å². The van der Waals surface area contributed by atoms with E-state index in [1.54, 1.807) is 22.9 Å². The van der Waals surface area contributed by atoms with Crippen molar-refractivity contribution in [3.63, 3.8) is 0 Å². The molecule has 0 spiro atoms. The maximum Gasteiger partial charge on any atom is 0.262 e. The van der Waals surface area contributed by atoms with Crippen LogP contribution in [0.1, 0.15) is 34.8 Å². The molecular formula is C17H18N4O3. The van der Waals surface area contributed by atoms with E-state index in [0.717, 1.165) is 18.4 Å². The minimum atomic E-state index is -0.207. The second-order valence-corrected chi connectivity index (χ2v) is 6.12. The van der Waals surface area contributed by atoms with Crippen LogP contribution in [0.4, 0.5) is 5.69 Å². The van der Waals surface area contributed by atoms with Crippen molar-refractivity contribution in [2.75, 3.05) is 18.5 Å². The molecule has 2 amide bonds. The molecule has 0 unspecified atom stereocenters. The fourth-order valence-corrected chi connectivity index (χ4v) is 3.41. The molecule has 2 aliphatic rings. The van der Waals surface area contributed by atoms with E-state index in [1.807, 2.05) is 24.3 Å². The summed E-state index contributed by atoms with van der Waals surface area (Å²) in [5, 5.41) is 6.96. The zero-order valence-electron chi connectivity index (χ0n) is 13.4. The Morgan fingerprint density at radius 1 is 1.42 bits per heavy atom. The van der Waals surface area contributed by atoms with Gasteiger partial charge in [0.05, 0.1) is 23.5 Å². The lowest BCUT2D eigenvalue weighted by Crippen LogP contribution is -2.32. The number of carbonyl (C=O) groups excluding carboxylic acids is 2. The Labute approximate surface area is 139 Å². The summed E-state index contributed by atoms with van der Waals surface area (Å²) in [6, 6.07) is 5.28. The Hall–Kier alpha value is -2.83. The molecular weight excluding hydrogens is 308 g/mol. The Kier molecular flexibility index (Phi) is 3.48. The minimum Gasteiger partial charge on any atom is -0.481 e. The van der Waals surface area contributed by atoms with Crippen molar-refractivity contribution in [3.05, 3.63) is 41.7 Å². The third kappa shape index (κ3) is 2.42. The quantitative estimate of drug-likeness (QED) is 0.912. The van der Waals surface area contributed by atoms with E-state index in [1.165, 1.54) is 0 Å². The number of nitrogens with zero attached hydrogens (tertiary/aromatic N) is 3. The molecule has 1 atom stereocenters. The number of benzene rings is 1. The highest BCUT2D eigenvalue weighted by Crippen LogP contribution is 2.37. The van der Waals surface area contributed by atoms with E-state index in [2.05, 4.69) is 10.4 Å². The molecule has 0 bridgehead atoms. The van der Waals surface area contributed by atoms with Crippen LogP contribution in [0.25, 0.3) is 0 Å². The second kappa shape index (κ2) is 5.67. The molecule has 1 N–H and O–H groups in total. The number of para-hydroxylation sites is 1. The number of hydrogen-bond donors (Lipinski definition) is 1. The van der Waals surface area contributed by atoms with Crippen LogP contribution in [-0.2, 0) is 11.8 Å². The van der Waals surface area contributed by atoms with Gasteiger partial charge < -0.3 is 15.0 Å². The van der Waals surface area contributed by atoms with Crippen LogP contribution in [0.2, 0.25) is 0 Å². The molecule has 0 radical (unpaired) electrons. The van der Waals surface area contributed by atoms with Gasteiger partial charge in [-0.15, -0.1) is 0 Å². The van der Waals surface area contributed by atoms with Gasteiger partial charge in [-0.25, -0.2) is 0 Å². The van der Waals surface area contributed by atoms with Gasteiger partial charge in [0.2, 0.25) is 0 Å². The summed E-state index contributed by atoms with van der Waals surface area (Å²) in [5.41, 5.74) is 2.08. The van der Waals surface area contributed by atoms with Gasteiger partial charge in [-0.3, -0.25) is 14.3 Å². The topological polar surface area (TPSA) is 76.5 Å². The van der Waals surface area contributed by atoms with Crippen LogP contribution in [-0.4, -0.2) is 39.6 Å². The maximum atomic E-state index is 13.1. The summed E-state index contributed by atoms with van der Waals surface area (Å²) in [5.74, 6) is 0.176. The van der Waals surface area contributed by atoms with Gasteiger partial charge in [0.1, 0.15) is 0 Å². The molecule has 7 nitrogen and oxygen atoms in total. The van der Waals surface area contributed by atoms with Crippen LogP contribution in [0.5, 0.6) is 5.75 Å². The Morgan fingerprint density at radius 3 is 3.08 bits per heavy atom. The Morgan fingerprint density at radius 2 is 2.29 bits per heavy atom. The number of hydrogen-bond acceptors (Lipinski definition) is 4. The fraction of sp³-hybridized carbons (Fsp3) is 0.353. The van der Waals surface area contributed by atoms with Crippen LogP contribution >= 0.6 is 0 Å². The number of carbonyl (C=O) groups is 2. The highest BCUT2D eigenvalue weighted by molar-refractivity contribution is 6.03. The highest BCUT2D eigenvalue weighted by atomic mass is 16.5. The van der Waals surface area contributed by atoms with E-state index in [-0.39, 0.29) is 24.5 Å². The predicted octanol–water partition coefficient (Wildman–Crippen LogP) is 1.73. The van der Waals surface area contributed by atoms with Crippen molar-refractivity contribution in [2.24, 2.45) is 7.05 Å². The summed E-state index contributed by atoms with van der Waals surface area (Å²) < 4.78 is 7.27. The molecule has 124 valence electrons. The van der Waals surface area contributed by atoms with Gasteiger partial charge >= 0.3 is 0 Å². The van der Waals surface area contributed by atoms with Crippen molar-refractivity contribution in [1.29, 1.82) is 0 Å². The molecule has 1 fully saturated rings. The van der Waals surface area contributed by atoms with Crippen molar-refractivity contribution in [3.8, 4) is 5.75 Å². The summed E-state index contributed by atoms with van der Waals surface area (Å²) in [6.45, 7) is 0.637. The van der Waals surface area contributed by atoms with E-state index in [4.69, 9.17) is 4.74 Å². The smallest absolute Gasteiger partial charge is 0.262 e. The molecule has 3 heterocycles. The van der Waals surface area contributed by atoms with Crippen molar-refractivity contribution in [1.82, 2.24) is 14.7 Å². The standard InChI is InChI=1S/C17H18N4O3/c1-20-9-11(8-18-20)14-6-3-7-21(14)17(23)12-4-2-5-13-16(12)24-10-15(22)19-13/h2,4-5,8-9,14H,3,6-7,10H2,1H3,(H,19,22)/t14-/m0/s1. The first-order valence-electron chi connectivity index (χ1n) is 7.98. The first kappa shape index (κ1) is 14.7. The Balaban J connectivity index is 1.66. The number of ether oxygens (including phenoxy) is 1. The third-order valence-electron chi connectivity index (χ3n) is 4.49. The molecule has 2 aromatic rings. The van der Waals surface area contributed by atoms with Gasteiger partial charge in [-0.05, 0) is 25.0 Å². The molecule has 1 aromatic carbocycles. The molecule has 4 rings (SSSR count). The number of fused-ring (bicyclic) bond motifs is 1. The molecule has 0 aliphatic carbocycles. The largest absolute Gasteiger partial charge is 0.481 e. The molecule has 2 aliphatic heterocycles. The number of rotatable bonds is 2. The number of aromatic nitrogens is 2. The first-order chi connectivity index (χ1) is 11.6. The lowest BCUT2D eigenvalue weighted by molar-refractivity contribution is -0.118. The fourth-order valence-electron chi connectivity index (χ4n) is 3.41. The van der Waals surface area contributed by atoms with Crippen molar-refractivity contribution >= 4 is 17.5 Å². The lowest BCUT2D eigenvalue weighted by Gasteiger charge is -2.26. The Bertz CT molecular complexity index is 814. The molecule has 1 aromatic heterocycles. The molecule has 1 saturated heterocycles. The van der Waals surface area contributed by atoms with Gasteiger partial charge in [0.15, 0.2) is 12.4 Å². The van der Waals surface area contributed by atoms with Gasteiger partial charge in [-0.2, -0.15) is 5.10 Å². The predicted molar refractivity (Wildman–Crippen MR) is 86.8 cm³/mol. The number of amides is 2. The number of anilines is 1. The van der Waals surface area contributed by atoms with Gasteiger partial charge in [0.25, 0.3) is 11.8 Å². The minimum absolute atomic E-state index is 0.0280. The van der Waals surface area contributed by atoms with E-state index < -0.39 is 0 Å². The van der Waals surface area contributed by atoms with Crippen LogP contribution < -0.4 is 10.1 Å². The SMILES string of the molecule is Cn1cc([C@@H]2CCCN2C(=O)c2cccc3c2OCC(=O)N3)cn1. The number of aryl methyl sites for hydroxylation is 1. The number of nitrogens with one attached hydrogen (secondary N) is 1. The number of likely N-dealkylation sites (tertiary alicyclic amines) is 1. The lowest BCUT2D eigenvalue weighted by atomic mass is 10.1. The van der Waals surface area contributed by atoms with Crippen LogP contribution in [0.15, 0.2) is 30.6 Å². The molecule has 0 saturated carbocycles. The average Bonchev–Trinajstić information content (AvgIpc) is 3.21. The van der Waals surface area contributed by atoms with E-state index in [0.29, 0.717) is 23.5 Å². The van der Waals surface area contributed by atoms with E-state index >= 15 is 0 Å². The summed E-state index contributed by atoms with van der Waals surface area (Å²) in [6.07, 6.45) is 5.64. The summed E-state index contributed by atoms with van der Waals surface area (Å²) in [7, 11) is 1.87. The van der Waals surface area contributed by atoms with Gasteiger partial charge in [-0.1, -0.05) is 6.07 Å². The van der Waals surface area contributed by atoms with Crippen molar-refractivity contribution in [2.45, 2.75) is 18.9 Å². The highest BCUT2D eigenvalue weighted by Gasteiger charge is 2.33. The van der Waals surface area contributed by atoms with Crippen LogP contribution in [0.3, 0.4) is 0 Å². The molecule has 7 heteroatoms. The summed E-state index contributed by atoms with van der Waals surface area (Å²) >= 11 is 0. The zero-order chi connectivity index (χ0) is 16.7. The third-order valence-corrected chi connectivity index (χ3v) is 4.49. The first-order valence-corrected chi connectivity index (χ1v) is 7.98. The van der Waals surface area contributed by atoms with Crippen molar-refractivity contribution < 1.29 is 14.3 Å². The molecule has 24 heavy (non-hydrogen) atoms. The second-order valence-electron chi connectivity index (χ2n) is 6.12. The average molecular weight is 326 g/mol.